The number of anilines is 1. The zero-order valence-corrected chi connectivity index (χ0v) is 17.4. The van der Waals surface area contributed by atoms with E-state index in [9.17, 15) is 4.79 Å². The largest absolute Gasteiger partial charge is 0.495 e. The summed E-state index contributed by atoms with van der Waals surface area (Å²) in [6, 6.07) is 8.44. The lowest BCUT2D eigenvalue weighted by atomic mass is 10.2. The van der Waals surface area contributed by atoms with Crippen LogP contribution in [-0.4, -0.2) is 26.7 Å². The number of hydrogen-bond donors (Lipinski definition) is 1. The zero-order valence-electron chi connectivity index (χ0n) is 14.3. The van der Waals surface area contributed by atoms with Crippen LogP contribution in [0.15, 0.2) is 34.8 Å². The van der Waals surface area contributed by atoms with Gasteiger partial charge in [0.2, 0.25) is 5.91 Å². The summed E-state index contributed by atoms with van der Waals surface area (Å²) in [5, 5.41) is 3.80. The molecule has 0 radical (unpaired) electrons. The smallest absolute Gasteiger partial charge is 0.224 e. The van der Waals surface area contributed by atoms with Crippen LogP contribution >= 0.6 is 39.1 Å². The summed E-state index contributed by atoms with van der Waals surface area (Å²) in [5.41, 5.74) is 0.541. The first-order valence-corrected chi connectivity index (χ1v) is 9.28. The molecule has 0 atom stereocenters. The minimum atomic E-state index is -0.154. The first kappa shape index (κ1) is 20.7. The van der Waals surface area contributed by atoms with Gasteiger partial charge in [0, 0.05) is 23.6 Å². The van der Waals surface area contributed by atoms with E-state index < -0.39 is 0 Å². The zero-order chi connectivity index (χ0) is 19.1. The van der Waals surface area contributed by atoms with Crippen LogP contribution in [0.1, 0.15) is 12.8 Å². The van der Waals surface area contributed by atoms with Crippen LogP contribution in [0.5, 0.6) is 17.2 Å². The van der Waals surface area contributed by atoms with E-state index in [1.165, 1.54) is 7.11 Å². The molecule has 0 saturated carbocycles. The fraction of sp³-hybridized carbons (Fsp3) is 0.278. The van der Waals surface area contributed by atoms with Crippen molar-refractivity contribution < 1.29 is 19.0 Å². The topological polar surface area (TPSA) is 56.8 Å². The van der Waals surface area contributed by atoms with Crippen molar-refractivity contribution in [1.82, 2.24) is 0 Å². The number of carbonyl (C=O) groups excluding carboxylic acids is 1. The molecular weight excluding hydrogens is 445 g/mol. The molecule has 0 aliphatic carbocycles. The van der Waals surface area contributed by atoms with E-state index in [1.54, 1.807) is 37.4 Å². The van der Waals surface area contributed by atoms with E-state index in [0.29, 0.717) is 46.0 Å². The second kappa shape index (κ2) is 9.90. The SMILES string of the molecule is COc1cc(NC(=O)CCCOc2ccc(Cl)cc2Cl)c(OC)cc1Br. The first-order chi connectivity index (χ1) is 12.4. The van der Waals surface area contributed by atoms with Crippen molar-refractivity contribution in [2.45, 2.75) is 12.8 Å². The molecule has 0 spiro atoms. The monoisotopic (exact) mass is 461 g/mol. The van der Waals surface area contributed by atoms with Gasteiger partial charge in [-0.1, -0.05) is 23.2 Å². The maximum absolute atomic E-state index is 12.2. The van der Waals surface area contributed by atoms with Crippen molar-refractivity contribution in [3.05, 3.63) is 44.8 Å². The third-order valence-corrected chi connectivity index (χ3v) is 4.60. The molecule has 2 aromatic carbocycles. The van der Waals surface area contributed by atoms with Gasteiger partial charge in [-0.2, -0.15) is 0 Å². The molecule has 0 aromatic heterocycles. The van der Waals surface area contributed by atoms with Crippen LogP contribution < -0.4 is 19.5 Å². The quantitative estimate of drug-likeness (QED) is 0.521. The molecule has 2 rings (SSSR count). The third-order valence-electron chi connectivity index (χ3n) is 3.45. The van der Waals surface area contributed by atoms with Gasteiger partial charge in [-0.05, 0) is 40.5 Å². The average molecular weight is 463 g/mol. The number of hydrogen-bond acceptors (Lipinski definition) is 4. The Hall–Kier alpha value is -1.63. The molecule has 1 amide bonds. The van der Waals surface area contributed by atoms with Gasteiger partial charge in [-0.3, -0.25) is 4.79 Å². The number of benzene rings is 2. The highest BCUT2D eigenvalue weighted by Crippen LogP contribution is 2.36. The number of amides is 1. The van der Waals surface area contributed by atoms with E-state index in [1.807, 2.05) is 0 Å². The maximum Gasteiger partial charge on any atom is 0.224 e. The highest BCUT2D eigenvalue weighted by Gasteiger charge is 2.12. The molecule has 0 bridgehead atoms. The van der Waals surface area contributed by atoms with Gasteiger partial charge in [0.05, 0.1) is 36.0 Å². The molecule has 0 saturated heterocycles. The molecule has 2 aromatic rings. The molecule has 5 nitrogen and oxygen atoms in total. The van der Waals surface area contributed by atoms with Gasteiger partial charge < -0.3 is 19.5 Å². The minimum absolute atomic E-state index is 0.154. The Kier molecular flexibility index (Phi) is 7.87. The Balaban J connectivity index is 1.87. The van der Waals surface area contributed by atoms with Crippen molar-refractivity contribution >= 4 is 50.7 Å². The predicted molar refractivity (Wildman–Crippen MR) is 107 cm³/mol. The van der Waals surface area contributed by atoms with E-state index in [-0.39, 0.29) is 12.3 Å². The fourth-order valence-electron chi connectivity index (χ4n) is 2.18. The third kappa shape index (κ3) is 5.69. The molecule has 0 heterocycles. The molecule has 0 aliphatic heterocycles. The summed E-state index contributed by atoms with van der Waals surface area (Å²) in [4.78, 5) is 12.2. The van der Waals surface area contributed by atoms with E-state index in [2.05, 4.69) is 21.2 Å². The lowest BCUT2D eigenvalue weighted by Gasteiger charge is -2.13. The lowest BCUT2D eigenvalue weighted by molar-refractivity contribution is -0.116. The van der Waals surface area contributed by atoms with Gasteiger partial charge in [-0.25, -0.2) is 0 Å². The summed E-state index contributed by atoms with van der Waals surface area (Å²) >= 11 is 15.3. The van der Waals surface area contributed by atoms with Crippen molar-refractivity contribution in [2.75, 3.05) is 26.1 Å². The normalized spacial score (nSPS) is 10.3. The van der Waals surface area contributed by atoms with Crippen molar-refractivity contribution in [1.29, 1.82) is 0 Å². The fourth-order valence-corrected chi connectivity index (χ4v) is 3.13. The number of nitrogens with one attached hydrogen (secondary N) is 1. The average Bonchev–Trinajstić information content (AvgIpc) is 2.61. The molecule has 0 aliphatic rings. The number of methoxy groups -OCH3 is 2. The summed E-state index contributed by atoms with van der Waals surface area (Å²) in [6.07, 6.45) is 0.813. The summed E-state index contributed by atoms with van der Waals surface area (Å²) in [5.74, 6) is 1.52. The highest BCUT2D eigenvalue weighted by atomic mass is 79.9. The number of rotatable bonds is 8. The Morgan fingerprint density at radius 1 is 1.08 bits per heavy atom. The highest BCUT2D eigenvalue weighted by molar-refractivity contribution is 9.10. The van der Waals surface area contributed by atoms with Crippen molar-refractivity contribution in [2.24, 2.45) is 0 Å². The van der Waals surface area contributed by atoms with Gasteiger partial charge in [0.15, 0.2) is 0 Å². The second-order valence-electron chi connectivity index (χ2n) is 5.26. The van der Waals surface area contributed by atoms with Gasteiger partial charge in [0.25, 0.3) is 0 Å². The van der Waals surface area contributed by atoms with Crippen LogP contribution in [0, 0.1) is 0 Å². The number of ether oxygens (including phenoxy) is 3. The van der Waals surface area contributed by atoms with Crippen LogP contribution in [-0.2, 0) is 4.79 Å². The number of halogens is 3. The van der Waals surface area contributed by atoms with Gasteiger partial charge >= 0.3 is 0 Å². The molecule has 0 unspecified atom stereocenters. The lowest BCUT2D eigenvalue weighted by Crippen LogP contribution is -2.13. The Morgan fingerprint density at radius 2 is 1.81 bits per heavy atom. The van der Waals surface area contributed by atoms with E-state index in [4.69, 9.17) is 37.4 Å². The first-order valence-electron chi connectivity index (χ1n) is 7.73. The van der Waals surface area contributed by atoms with Gasteiger partial charge in [0.1, 0.15) is 17.2 Å². The predicted octanol–water partition coefficient (Wildman–Crippen LogP) is 5.57. The van der Waals surface area contributed by atoms with Crippen LogP contribution in [0.25, 0.3) is 0 Å². The summed E-state index contributed by atoms with van der Waals surface area (Å²) in [6.45, 7) is 0.357. The van der Waals surface area contributed by atoms with Crippen LogP contribution in [0.4, 0.5) is 5.69 Å². The molecular formula is C18H18BrCl2NO4. The van der Waals surface area contributed by atoms with Crippen molar-refractivity contribution in [3.8, 4) is 17.2 Å². The Morgan fingerprint density at radius 3 is 2.46 bits per heavy atom. The van der Waals surface area contributed by atoms with E-state index >= 15 is 0 Å². The Labute approximate surface area is 170 Å². The molecule has 8 heteroatoms. The second-order valence-corrected chi connectivity index (χ2v) is 6.96. The van der Waals surface area contributed by atoms with Gasteiger partial charge in [-0.15, -0.1) is 0 Å². The van der Waals surface area contributed by atoms with E-state index in [0.717, 1.165) is 4.47 Å². The van der Waals surface area contributed by atoms with Crippen LogP contribution in [0.3, 0.4) is 0 Å². The number of carbonyl (C=O) groups is 1. The molecule has 140 valence electrons. The molecule has 1 N–H and O–H groups in total. The summed E-state index contributed by atoms with van der Waals surface area (Å²) in [7, 11) is 3.09. The minimum Gasteiger partial charge on any atom is -0.495 e. The summed E-state index contributed by atoms with van der Waals surface area (Å²) < 4.78 is 16.8. The Bertz CT molecular complexity index is 786. The maximum atomic E-state index is 12.2. The molecule has 26 heavy (non-hydrogen) atoms. The molecule has 0 fully saturated rings. The van der Waals surface area contributed by atoms with Crippen LogP contribution in [0.2, 0.25) is 10.0 Å². The standard InChI is InChI=1S/C18H18BrCl2NO4/c1-24-16-10-14(17(25-2)9-12(16)19)22-18(23)4-3-7-26-15-6-5-11(20)8-13(15)21/h5-6,8-10H,3-4,7H2,1-2H3,(H,22,23). The van der Waals surface area contributed by atoms with Crippen molar-refractivity contribution in [3.63, 3.8) is 0 Å².